The number of hydrogen-bond acceptors (Lipinski definition) is 8. The second-order valence-corrected chi connectivity index (χ2v) is 10.8. The summed E-state index contributed by atoms with van der Waals surface area (Å²) in [6.45, 7) is 0. The van der Waals surface area contributed by atoms with Gasteiger partial charge in [-0.25, -0.2) is 13.1 Å². The predicted octanol–water partition coefficient (Wildman–Crippen LogP) is 5.32. The fourth-order valence-corrected chi connectivity index (χ4v) is 5.98. The van der Waals surface area contributed by atoms with Crippen LogP contribution in [0, 0.1) is 10.1 Å². The molecule has 34 heavy (non-hydrogen) atoms. The Morgan fingerprint density at radius 2 is 1.94 bits per heavy atom. The molecule has 0 aliphatic carbocycles. The average Bonchev–Trinajstić information content (AvgIpc) is 3.38. The number of fused-ring (bicyclic) bond motifs is 1. The Morgan fingerprint density at radius 3 is 2.59 bits per heavy atom. The summed E-state index contributed by atoms with van der Waals surface area (Å²) in [4.78, 5) is 26.3. The lowest BCUT2D eigenvalue weighted by Crippen LogP contribution is -2.30. The van der Waals surface area contributed by atoms with Crippen molar-refractivity contribution in [3.05, 3.63) is 73.7 Å². The molecule has 0 fully saturated rings. The smallest absolute Gasteiger partial charge is 0.293 e. The van der Waals surface area contributed by atoms with Gasteiger partial charge in [-0.1, -0.05) is 29.3 Å². The number of ether oxygens (including phenoxy) is 1. The number of carbonyl (C=O) groups is 1. The van der Waals surface area contributed by atoms with Crippen LogP contribution in [0.3, 0.4) is 0 Å². The van der Waals surface area contributed by atoms with Crippen LogP contribution in [0.25, 0.3) is 10.9 Å². The molecule has 2 aromatic heterocycles. The number of nitro benzene ring substituents is 1. The summed E-state index contributed by atoms with van der Waals surface area (Å²) in [5.74, 6) is -0.422. The molecule has 3 N–H and O–H groups in total. The fourth-order valence-electron chi connectivity index (χ4n) is 3.13. The van der Waals surface area contributed by atoms with E-state index in [9.17, 15) is 23.3 Å². The first kappa shape index (κ1) is 23.8. The molecular formula is C20H14Cl2N4O6S2. The van der Waals surface area contributed by atoms with Crippen molar-refractivity contribution in [3.63, 3.8) is 0 Å². The van der Waals surface area contributed by atoms with Gasteiger partial charge in [-0.2, -0.15) is 0 Å². The number of hydrogen-bond donors (Lipinski definition) is 3. The van der Waals surface area contributed by atoms with Crippen molar-refractivity contribution in [3.8, 4) is 5.75 Å². The monoisotopic (exact) mass is 540 g/mol. The number of benzene rings is 2. The Balaban J connectivity index is 1.72. The molecular weight excluding hydrogens is 527 g/mol. The van der Waals surface area contributed by atoms with E-state index in [0.29, 0.717) is 33.8 Å². The number of amides is 1. The number of nitrogens with one attached hydrogen (secondary N) is 3. The Hall–Kier alpha value is -3.32. The third-order valence-corrected chi connectivity index (χ3v) is 8.35. The topological polar surface area (TPSA) is 143 Å². The van der Waals surface area contributed by atoms with Gasteiger partial charge in [-0.3, -0.25) is 14.9 Å². The number of methoxy groups -OCH3 is 1. The molecule has 0 saturated carbocycles. The van der Waals surface area contributed by atoms with Crippen LogP contribution < -0.4 is 14.8 Å². The van der Waals surface area contributed by atoms with Crippen molar-refractivity contribution in [2.24, 2.45) is 0 Å². The van der Waals surface area contributed by atoms with Crippen molar-refractivity contribution >= 4 is 78.4 Å². The number of nitro groups is 1. The van der Waals surface area contributed by atoms with E-state index in [1.54, 1.807) is 24.3 Å². The summed E-state index contributed by atoms with van der Waals surface area (Å²) in [6, 6.07) is 12.2. The highest BCUT2D eigenvalue weighted by molar-refractivity contribution is 7.92. The molecule has 0 saturated heterocycles. The highest BCUT2D eigenvalue weighted by atomic mass is 35.5. The van der Waals surface area contributed by atoms with Gasteiger partial charge in [-0.05, 0) is 30.3 Å². The van der Waals surface area contributed by atoms with Crippen LogP contribution in [0.4, 0.5) is 17.1 Å². The standard InChI is InChI=1S/C20H14Cl2N4O6S2/c1-32-11-4-2-3-10(7-11)23-14-5-6-16(26(28)29)18-12(14)8-15(24-18)20(27)25-34(30,31)17-9-13(21)19(22)33-17/h2-9,23-24H,1H3,(H,25,27). The lowest BCUT2D eigenvalue weighted by molar-refractivity contribution is -0.383. The number of nitrogens with zero attached hydrogens (tertiary/aromatic N) is 1. The minimum atomic E-state index is -4.27. The molecule has 0 radical (unpaired) electrons. The first-order chi connectivity index (χ1) is 16.1. The largest absolute Gasteiger partial charge is 0.497 e. The molecule has 14 heteroatoms. The van der Waals surface area contributed by atoms with Crippen LogP contribution in [0.15, 0.2) is 52.7 Å². The first-order valence-corrected chi connectivity index (χ1v) is 12.4. The number of rotatable bonds is 7. The molecule has 0 aliphatic heterocycles. The van der Waals surface area contributed by atoms with Crippen molar-refractivity contribution in [2.45, 2.75) is 4.21 Å². The number of non-ortho nitro benzene ring substituents is 1. The van der Waals surface area contributed by atoms with Crippen LogP contribution >= 0.6 is 34.5 Å². The third-order valence-electron chi connectivity index (χ3n) is 4.68. The molecule has 0 unspecified atom stereocenters. The summed E-state index contributed by atoms with van der Waals surface area (Å²) < 4.78 is 32.0. The average molecular weight is 541 g/mol. The Morgan fingerprint density at radius 1 is 1.18 bits per heavy atom. The van der Waals surface area contributed by atoms with Crippen molar-refractivity contribution in [2.75, 3.05) is 12.4 Å². The minimum Gasteiger partial charge on any atom is -0.497 e. The number of H-pyrrole nitrogens is 1. The summed E-state index contributed by atoms with van der Waals surface area (Å²) in [5, 5.41) is 15.0. The first-order valence-electron chi connectivity index (χ1n) is 9.32. The van der Waals surface area contributed by atoms with E-state index < -0.39 is 20.9 Å². The summed E-state index contributed by atoms with van der Waals surface area (Å²) >= 11 is 12.3. The molecule has 0 aliphatic rings. The number of aromatic amines is 1. The van der Waals surface area contributed by atoms with Crippen molar-refractivity contribution in [1.29, 1.82) is 0 Å². The Labute approximate surface area is 206 Å². The minimum absolute atomic E-state index is 0.0361. The quantitative estimate of drug-likeness (QED) is 0.212. The van der Waals surface area contributed by atoms with Gasteiger partial charge in [0.05, 0.1) is 17.1 Å². The molecule has 4 rings (SSSR count). The van der Waals surface area contributed by atoms with E-state index in [-0.39, 0.29) is 30.5 Å². The zero-order chi connectivity index (χ0) is 24.6. The van der Waals surface area contributed by atoms with Gasteiger partial charge in [0.15, 0.2) is 0 Å². The predicted molar refractivity (Wildman–Crippen MR) is 130 cm³/mol. The van der Waals surface area contributed by atoms with Gasteiger partial charge in [0.25, 0.3) is 21.6 Å². The normalized spacial score (nSPS) is 11.4. The molecule has 2 heterocycles. The van der Waals surface area contributed by atoms with E-state index >= 15 is 0 Å². The number of aromatic nitrogens is 1. The van der Waals surface area contributed by atoms with Gasteiger partial charge in [0.2, 0.25) is 0 Å². The SMILES string of the molecule is COc1cccc(Nc2ccc([N+](=O)[O-])c3[nH]c(C(=O)NS(=O)(=O)c4cc(Cl)c(Cl)s4)cc23)c1. The Kier molecular flexibility index (Phi) is 6.41. The van der Waals surface area contributed by atoms with Crippen LogP contribution in [0.2, 0.25) is 9.36 Å². The van der Waals surface area contributed by atoms with Gasteiger partial charge < -0.3 is 15.0 Å². The summed E-state index contributed by atoms with van der Waals surface area (Å²) in [7, 11) is -2.75. The zero-order valence-corrected chi connectivity index (χ0v) is 20.2. The second kappa shape index (κ2) is 9.14. The lowest BCUT2D eigenvalue weighted by atomic mass is 10.1. The zero-order valence-electron chi connectivity index (χ0n) is 17.1. The third kappa shape index (κ3) is 4.66. The maximum Gasteiger partial charge on any atom is 0.293 e. The summed E-state index contributed by atoms with van der Waals surface area (Å²) in [6.07, 6.45) is 0. The van der Waals surface area contributed by atoms with E-state index in [1.807, 2.05) is 4.72 Å². The van der Waals surface area contributed by atoms with Crippen LogP contribution in [-0.2, 0) is 10.0 Å². The fraction of sp³-hybridized carbons (Fsp3) is 0.0500. The maximum atomic E-state index is 12.7. The van der Waals surface area contributed by atoms with Crippen LogP contribution in [-0.4, -0.2) is 31.3 Å². The van der Waals surface area contributed by atoms with Crippen LogP contribution in [0.5, 0.6) is 5.75 Å². The van der Waals surface area contributed by atoms with Gasteiger partial charge in [0, 0.05) is 28.9 Å². The van der Waals surface area contributed by atoms with Gasteiger partial charge in [-0.15, -0.1) is 11.3 Å². The molecule has 0 bridgehead atoms. The van der Waals surface area contributed by atoms with Crippen molar-refractivity contribution in [1.82, 2.24) is 9.71 Å². The molecule has 2 aromatic carbocycles. The number of anilines is 2. The molecule has 0 atom stereocenters. The Bertz CT molecular complexity index is 1530. The highest BCUT2D eigenvalue weighted by Gasteiger charge is 2.25. The molecule has 10 nitrogen and oxygen atoms in total. The number of sulfonamides is 1. The maximum absolute atomic E-state index is 12.7. The van der Waals surface area contributed by atoms with Gasteiger partial charge in [0.1, 0.15) is 25.5 Å². The van der Waals surface area contributed by atoms with E-state index in [0.717, 1.165) is 6.07 Å². The van der Waals surface area contributed by atoms with Crippen molar-refractivity contribution < 1.29 is 22.9 Å². The lowest BCUT2D eigenvalue weighted by Gasteiger charge is -2.09. The molecule has 1 amide bonds. The molecule has 176 valence electrons. The molecule has 0 spiro atoms. The van der Waals surface area contributed by atoms with E-state index in [4.69, 9.17) is 27.9 Å². The van der Waals surface area contributed by atoms with E-state index in [1.165, 1.54) is 25.3 Å². The number of carbonyl (C=O) groups excluding carboxylic acids is 1. The van der Waals surface area contributed by atoms with Gasteiger partial charge >= 0.3 is 0 Å². The number of halogens is 2. The summed E-state index contributed by atoms with van der Waals surface area (Å²) in [5.41, 5.74) is 0.641. The van der Waals surface area contributed by atoms with E-state index in [2.05, 4.69) is 10.3 Å². The number of thiophene rings is 1. The second-order valence-electron chi connectivity index (χ2n) is 6.84. The highest BCUT2D eigenvalue weighted by Crippen LogP contribution is 2.36. The molecule has 4 aromatic rings. The van der Waals surface area contributed by atoms with Crippen LogP contribution in [0.1, 0.15) is 10.5 Å².